The van der Waals surface area contributed by atoms with Crippen LogP contribution in [0.2, 0.25) is 0 Å². The van der Waals surface area contributed by atoms with Crippen molar-refractivity contribution in [3.8, 4) is 11.8 Å². The molecule has 1 aromatic carbocycles. The van der Waals surface area contributed by atoms with Gasteiger partial charge in [0.05, 0.1) is 17.7 Å². The molecule has 1 unspecified atom stereocenters. The number of fused-ring (bicyclic) bond motifs is 1. The predicted octanol–water partition coefficient (Wildman–Crippen LogP) is 0.788. The van der Waals surface area contributed by atoms with Crippen LogP contribution in [0.3, 0.4) is 0 Å². The maximum Gasteiger partial charge on any atom is 0.262 e. The van der Waals surface area contributed by atoms with Crippen molar-refractivity contribution in [1.29, 1.82) is 0 Å². The molecule has 0 aliphatic carbocycles. The van der Waals surface area contributed by atoms with Gasteiger partial charge in [0.25, 0.3) is 21.8 Å². The highest BCUT2D eigenvalue weighted by Crippen LogP contribution is 2.28. The summed E-state index contributed by atoms with van der Waals surface area (Å²) in [5, 5.41) is 3.88. The predicted molar refractivity (Wildman–Crippen MR) is 114 cm³/mol. The van der Waals surface area contributed by atoms with Gasteiger partial charge in [-0.25, -0.2) is 8.42 Å². The van der Waals surface area contributed by atoms with E-state index in [-0.39, 0.29) is 34.7 Å². The first-order valence-corrected chi connectivity index (χ1v) is 11.9. The second-order valence-corrected chi connectivity index (χ2v) is 10.2. The van der Waals surface area contributed by atoms with Gasteiger partial charge < -0.3 is 0 Å². The second-order valence-electron chi connectivity index (χ2n) is 7.28. The van der Waals surface area contributed by atoms with Crippen LogP contribution in [0.4, 0.5) is 0 Å². The number of carbonyl (C=O) groups excluding carboxylic acids is 4. The summed E-state index contributed by atoms with van der Waals surface area (Å²) < 4.78 is 27.0. The van der Waals surface area contributed by atoms with E-state index in [2.05, 4.69) is 21.9 Å². The highest BCUT2D eigenvalue weighted by atomic mass is 32.2. The van der Waals surface area contributed by atoms with Crippen LogP contribution in [0.25, 0.3) is 0 Å². The van der Waals surface area contributed by atoms with Gasteiger partial charge in [-0.1, -0.05) is 11.8 Å². The number of imide groups is 2. The Bertz CT molecular complexity index is 1330. The molecule has 164 valence electrons. The summed E-state index contributed by atoms with van der Waals surface area (Å²) in [7, 11) is -3.65. The Morgan fingerprint density at radius 2 is 1.91 bits per heavy atom. The third kappa shape index (κ3) is 4.08. The number of piperidine rings is 1. The van der Waals surface area contributed by atoms with Crippen molar-refractivity contribution in [3.63, 3.8) is 0 Å². The number of nitrogens with one attached hydrogen (secondary N) is 2. The van der Waals surface area contributed by atoms with E-state index in [9.17, 15) is 27.6 Å². The van der Waals surface area contributed by atoms with Gasteiger partial charge in [-0.3, -0.25) is 29.4 Å². The number of benzene rings is 1. The molecule has 3 heterocycles. The number of aryl methyl sites for hydroxylation is 1. The summed E-state index contributed by atoms with van der Waals surface area (Å²) in [5.41, 5.74) is 1.53. The monoisotopic (exact) mass is 471 g/mol. The molecule has 2 N–H and O–H groups in total. The van der Waals surface area contributed by atoms with Crippen LogP contribution in [-0.4, -0.2) is 49.5 Å². The van der Waals surface area contributed by atoms with E-state index >= 15 is 0 Å². The van der Waals surface area contributed by atoms with Crippen LogP contribution in [-0.2, 0) is 19.6 Å². The molecule has 2 aromatic rings. The van der Waals surface area contributed by atoms with E-state index in [0.717, 1.165) is 21.8 Å². The molecule has 0 bridgehead atoms. The first kappa shape index (κ1) is 21.9. The Balaban J connectivity index is 1.48. The van der Waals surface area contributed by atoms with Crippen molar-refractivity contribution in [2.45, 2.75) is 30.0 Å². The number of sulfonamides is 1. The molecule has 0 radical (unpaired) electrons. The van der Waals surface area contributed by atoms with Gasteiger partial charge in [0.15, 0.2) is 0 Å². The molecule has 1 fully saturated rings. The molecule has 11 heteroatoms. The second kappa shape index (κ2) is 8.31. The number of amides is 4. The zero-order valence-corrected chi connectivity index (χ0v) is 18.4. The molecule has 2 aliphatic heterocycles. The van der Waals surface area contributed by atoms with Crippen LogP contribution in [0.5, 0.6) is 0 Å². The first-order valence-electron chi connectivity index (χ1n) is 9.56. The average Bonchev–Trinajstić information content (AvgIpc) is 3.28. The standard InChI is InChI=1S/C21H17N3O6S2/c1-12-9-18(31-11-12)32(29,30)22-8-2-3-13-4-5-14-15(10-13)21(28)24(20(14)27)16-6-7-17(25)23-19(16)26/h4-5,9-11,16,22H,6-8H2,1H3,(H,23,25,26). The largest absolute Gasteiger partial charge is 0.295 e. The lowest BCUT2D eigenvalue weighted by atomic mass is 10.0. The Kier molecular flexibility index (Phi) is 5.68. The van der Waals surface area contributed by atoms with Gasteiger partial charge in [-0.2, -0.15) is 4.72 Å². The molecule has 0 spiro atoms. The number of rotatable bonds is 4. The van der Waals surface area contributed by atoms with Gasteiger partial charge in [0, 0.05) is 12.0 Å². The van der Waals surface area contributed by atoms with Crippen molar-refractivity contribution in [1.82, 2.24) is 14.9 Å². The highest BCUT2D eigenvalue weighted by molar-refractivity contribution is 7.91. The summed E-state index contributed by atoms with van der Waals surface area (Å²) in [5.74, 6) is 3.12. The fourth-order valence-electron chi connectivity index (χ4n) is 3.44. The summed E-state index contributed by atoms with van der Waals surface area (Å²) >= 11 is 1.12. The minimum Gasteiger partial charge on any atom is -0.295 e. The van der Waals surface area contributed by atoms with Crippen molar-refractivity contribution in [2.24, 2.45) is 0 Å². The van der Waals surface area contributed by atoms with Crippen LogP contribution in [0.1, 0.15) is 44.7 Å². The third-order valence-electron chi connectivity index (χ3n) is 4.99. The molecule has 1 aromatic heterocycles. The van der Waals surface area contributed by atoms with Crippen molar-refractivity contribution < 1.29 is 27.6 Å². The smallest absolute Gasteiger partial charge is 0.262 e. The number of hydrogen-bond donors (Lipinski definition) is 2. The maximum atomic E-state index is 12.8. The SMILES string of the molecule is Cc1csc(S(=O)(=O)NCC#Cc2ccc3c(c2)C(=O)N(C2CCC(=O)NC2=O)C3=O)c1. The van der Waals surface area contributed by atoms with Crippen molar-refractivity contribution >= 4 is 45.0 Å². The Hall–Kier alpha value is -3.33. The Morgan fingerprint density at radius 1 is 1.16 bits per heavy atom. The molecule has 9 nitrogen and oxygen atoms in total. The molecule has 32 heavy (non-hydrogen) atoms. The lowest BCUT2D eigenvalue weighted by molar-refractivity contribution is -0.136. The lowest BCUT2D eigenvalue weighted by Gasteiger charge is -2.27. The molecule has 1 saturated heterocycles. The summed E-state index contributed by atoms with van der Waals surface area (Å²) in [6.07, 6.45) is 0.119. The molecule has 2 aliphatic rings. The average molecular weight is 472 g/mol. The Labute approximate surface area is 187 Å². The normalized spacial score (nSPS) is 18.3. The minimum absolute atomic E-state index is 0.0431. The van der Waals surface area contributed by atoms with Crippen molar-refractivity contribution in [3.05, 3.63) is 51.9 Å². The molecule has 4 amide bonds. The van der Waals surface area contributed by atoms with Crippen LogP contribution in [0, 0.1) is 18.8 Å². The maximum absolute atomic E-state index is 12.8. The number of thiophene rings is 1. The minimum atomic E-state index is -3.65. The van der Waals surface area contributed by atoms with Crippen LogP contribution >= 0.6 is 11.3 Å². The van der Waals surface area contributed by atoms with E-state index < -0.39 is 39.7 Å². The van der Waals surface area contributed by atoms with E-state index in [1.165, 1.54) is 12.1 Å². The van der Waals surface area contributed by atoms with Gasteiger partial charge >= 0.3 is 0 Å². The molecular formula is C21H17N3O6S2. The van der Waals surface area contributed by atoms with Gasteiger partial charge in [0.2, 0.25) is 11.8 Å². The summed E-state index contributed by atoms with van der Waals surface area (Å²) in [6, 6.07) is 4.96. The quantitative estimate of drug-likeness (QED) is 0.501. The lowest BCUT2D eigenvalue weighted by Crippen LogP contribution is -2.54. The third-order valence-corrected chi connectivity index (χ3v) is 7.95. The van der Waals surface area contributed by atoms with Crippen LogP contribution in [0.15, 0.2) is 33.9 Å². The number of nitrogens with zero attached hydrogens (tertiary/aromatic N) is 1. The van der Waals surface area contributed by atoms with Gasteiger partial charge in [-0.05, 0) is 48.6 Å². The zero-order chi connectivity index (χ0) is 23.0. The molecular weight excluding hydrogens is 454 g/mol. The molecule has 0 saturated carbocycles. The number of carbonyl (C=O) groups is 4. The van der Waals surface area contributed by atoms with Crippen LogP contribution < -0.4 is 10.0 Å². The van der Waals surface area contributed by atoms with E-state index in [0.29, 0.717) is 5.56 Å². The van der Waals surface area contributed by atoms with E-state index in [1.807, 2.05) is 0 Å². The topological polar surface area (TPSA) is 130 Å². The fraction of sp³-hybridized carbons (Fsp3) is 0.238. The van der Waals surface area contributed by atoms with E-state index in [4.69, 9.17) is 0 Å². The van der Waals surface area contributed by atoms with Gasteiger partial charge in [-0.15, -0.1) is 11.3 Å². The molecule has 1 atom stereocenters. The number of hydrogen-bond acceptors (Lipinski definition) is 7. The van der Waals surface area contributed by atoms with Crippen molar-refractivity contribution in [2.75, 3.05) is 6.54 Å². The summed E-state index contributed by atoms with van der Waals surface area (Å²) in [4.78, 5) is 49.8. The highest BCUT2D eigenvalue weighted by Gasteiger charge is 2.44. The first-order chi connectivity index (χ1) is 15.2. The van der Waals surface area contributed by atoms with Gasteiger partial charge in [0.1, 0.15) is 10.3 Å². The fourth-order valence-corrected chi connectivity index (χ4v) is 5.64. The van der Waals surface area contributed by atoms with E-state index in [1.54, 1.807) is 24.4 Å². The Morgan fingerprint density at radius 3 is 2.59 bits per heavy atom. The zero-order valence-electron chi connectivity index (χ0n) is 16.8. The summed E-state index contributed by atoms with van der Waals surface area (Å²) in [6.45, 7) is 1.67. The molecule has 4 rings (SSSR count).